The van der Waals surface area contributed by atoms with Crippen molar-refractivity contribution >= 4 is 17.1 Å². The van der Waals surface area contributed by atoms with E-state index >= 15 is 0 Å². The molecule has 2 aliphatic carbocycles. The summed E-state index contributed by atoms with van der Waals surface area (Å²) >= 11 is 0. The largest absolute Gasteiger partial charge is 0.310 e. The van der Waals surface area contributed by atoms with Gasteiger partial charge in [-0.2, -0.15) is 0 Å². The maximum Gasteiger partial charge on any atom is 0.0714 e. The van der Waals surface area contributed by atoms with Gasteiger partial charge in [0.1, 0.15) is 0 Å². The van der Waals surface area contributed by atoms with Gasteiger partial charge in [-0.1, -0.05) is 222 Å². The highest BCUT2D eigenvalue weighted by Gasteiger charge is 2.48. The lowest BCUT2D eigenvalue weighted by atomic mass is 9.67. The fraction of sp³-hybridized carbons (Fsp3) is 0.104. The third-order valence-corrected chi connectivity index (χ3v) is 14.9. The van der Waals surface area contributed by atoms with Crippen LogP contribution in [0.4, 0.5) is 17.1 Å². The fourth-order valence-electron chi connectivity index (χ4n) is 11.9. The Bertz CT molecular complexity index is 3460. The molecule has 1 atom stereocenters. The van der Waals surface area contributed by atoms with Crippen molar-refractivity contribution in [3.05, 3.63) is 303 Å². The number of anilines is 3. The van der Waals surface area contributed by atoms with Gasteiger partial charge in [-0.25, -0.2) is 0 Å². The summed E-state index contributed by atoms with van der Waals surface area (Å²) in [6.45, 7) is 10.9. The first-order chi connectivity index (χ1) is 33.2. The molecule has 0 spiro atoms. The lowest BCUT2D eigenvalue weighted by molar-refractivity contribution is 0.766. The Balaban J connectivity index is 1.13. The van der Waals surface area contributed by atoms with Crippen molar-refractivity contribution in [2.75, 3.05) is 4.90 Å². The zero-order valence-corrected chi connectivity index (χ0v) is 39.4. The molecular formula is C67H53N. The molecule has 0 saturated carbocycles. The van der Waals surface area contributed by atoms with Crippen molar-refractivity contribution in [2.45, 2.75) is 45.4 Å². The molecule has 1 heteroatoms. The summed E-state index contributed by atoms with van der Waals surface area (Å²) in [5, 5.41) is 0. The molecule has 68 heavy (non-hydrogen) atoms. The molecule has 0 N–H and O–H groups in total. The molecule has 0 bridgehead atoms. The molecule has 10 aromatic carbocycles. The van der Waals surface area contributed by atoms with Crippen molar-refractivity contribution in [3.63, 3.8) is 0 Å². The van der Waals surface area contributed by atoms with Gasteiger partial charge in [-0.05, 0) is 149 Å². The topological polar surface area (TPSA) is 3.24 Å². The van der Waals surface area contributed by atoms with E-state index in [9.17, 15) is 0 Å². The summed E-state index contributed by atoms with van der Waals surface area (Å²) in [6.07, 6.45) is 0. The average molecular weight is 872 g/mol. The van der Waals surface area contributed by atoms with E-state index in [1.165, 1.54) is 106 Å². The third kappa shape index (κ3) is 6.37. The van der Waals surface area contributed by atoms with Crippen LogP contribution in [0.25, 0.3) is 33.4 Å². The first-order valence-electron chi connectivity index (χ1n) is 24.0. The second-order valence-electron chi connectivity index (χ2n) is 19.3. The van der Waals surface area contributed by atoms with Crippen LogP contribution in [0.1, 0.15) is 72.3 Å². The van der Waals surface area contributed by atoms with Crippen molar-refractivity contribution in [1.82, 2.24) is 0 Å². The molecule has 0 fully saturated rings. The van der Waals surface area contributed by atoms with E-state index in [1.54, 1.807) is 0 Å². The van der Waals surface area contributed by atoms with E-state index in [2.05, 4.69) is 270 Å². The Hall–Kier alpha value is -8.00. The van der Waals surface area contributed by atoms with E-state index in [1.807, 2.05) is 0 Å². The molecule has 0 aromatic heterocycles. The van der Waals surface area contributed by atoms with Crippen LogP contribution in [0, 0.1) is 34.6 Å². The minimum atomic E-state index is -0.546. The van der Waals surface area contributed by atoms with Crippen LogP contribution >= 0.6 is 0 Å². The third-order valence-electron chi connectivity index (χ3n) is 14.9. The monoisotopic (exact) mass is 871 g/mol. The number of hydrogen-bond acceptors (Lipinski definition) is 1. The van der Waals surface area contributed by atoms with Crippen LogP contribution < -0.4 is 4.90 Å². The predicted molar refractivity (Wildman–Crippen MR) is 285 cm³/mol. The molecule has 2 aliphatic rings. The summed E-state index contributed by atoms with van der Waals surface area (Å²) in [7, 11) is 0. The van der Waals surface area contributed by atoms with Crippen LogP contribution in [0.3, 0.4) is 0 Å². The molecule has 12 rings (SSSR count). The van der Waals surface area contributed by atoms with Gasteiger partial charge in [0.15, 0.2) is 0 Å². The van der Waals surface area contributed by atoms with Crippen molar-refractivity contribution in [3.8, 4) is 33.4 Å². The Morgan fingerprint density at radius 3 is 1.06 bits per heavy atom. The van der Waals surface area contributed by atoms with E-state index in [0.717, 1.165) is 17.1 Å². The second-order valence-corrected chi connectivity index (χ2v) is 19.3. The van der Waals surface area contributed by atoms with Gasteiger partial charge in [0.2, 0.25) is 0 Å². The van der Waals surface area contributed by atoms with Gasteiger partial charge in [0.05, 0.1) is 10.8 Å². The smallest absolute Gasteiger partial charge is 0.0714 e. The average Bonchev–Trinajstić information content (AvgIpc) is 3.83. The molecule has 1 unspecified atom stereocenters. The lowest BCUT2D eigenvalue weighted by Crippen LogP contribution is -2.29. The van der Waals surface area contributed by atoms with E-state index < -0.39 is 10.8 Å². The number of rotatable bonds is 8. The number of benzene rings is 10. The predicted octanol–water partition coefficient (Wildman–Crippen LogP) is 17.1. The fourth-order valence-corrected chi connectivity index (χ4v) is 11.9. The molecule has 0 radical (unpaired) electrons. The Morgan fingerprint density at radius 2 is 0.618 bits per heavy atom. The van der Waals surface area contributed by atoms with Crippen LogP contribution in [0.15, 0.2) is 231 Å². The van der Waals surface area contributed by atoms with Crippen LogP contribution in [0.2, 0.25) is 0 Å². The quantitative estimate of drug-likeness (QED) is 0.147. The minimum Gasteiger partial charge on any atom is -0.310 e. The van der Waals surface area contributed by atoms with Crippen LogP contribution in [-0.2, 0) is 10.8 Å². The Morgan fingerprint density at radius 1 is 0.250 bits per heavy atom. The van der Waals surface area contributed by atoms with Gasteiger partial charge in [0, 0.05) is 17.1 Å². The molecule has 0 amide bonds. The molecular weight excluding hydrogens is 819 g/mol. The molecule has 1 nitrogen and oxygen atoms in total. The molecule has 0 saturated heterocycles. The van der Waals surface area contributed by atoms with Crippen molar-refractivity contribution in [2.24, 2.45) is 0 Å². The number of aryl methyl sites for hydroxylation is 5. The van der Waals surface area contributed by atoms with Gasteiger partial charge >= 0.3 is 0 Å². The van der Waals surface area contributed by atoms with E-state index in [0.29, 0.717) is 0 Å². The molecule has 326 valence electrons. The van der Waals surface area contributed by atoms with E-state index in [-0.39, 0.29) is 0 Å². The highest BCUT2D eigenvalue weighted by molar-refractivity contribution is 5.92. The Labute approximate surface area is 401 Å². The van der Waals surface area contributed by atoms with Gasteiger partial charge in [-0.3, -0.25) is 0 Å². The molecule has 0 heterocycles. The summed E-state index contributed by atoms with van der Waals surface area (Å²) in [4.78, 5) is 2.50. The highest BCUT2D eigenvalue weighted by atomic mass is 15.1. The lowest BCUT2D eigenvalue weighted by Gasteiger charge is -2.36. The highest BCUT2D eigenvalue weighted by Crippen LogP contribution is 2.59. The first kappa shape index (κ1) is 41.4. The molecule has 10 aromatic rings. The zero-order chi connectivity index (χ0) is 46.1. The maximum atomic E-state index is 2.50. The summed E-state index contributed by atoms with van der Waals surface area (Å²) in [6, 6.07) is 87.5. The molecule has 0 aliphatic heterocycles. The van der Waals surface area contributed by atoms with E-state index in [4.69, 9.17) is 0 Å². The number of fused-ring (bicyclic) bond motifs is 6. The van der Waals surface area contributed by atoms with Crippen LogP contribution in [0.5, 0.6) is 0 Å². The van der Waals surface area contributed by atoms with Gasteiger partial charge < -0.3 is 4.90 Å². The van der Waals surface area contributed by atoms with Gasteiger partial charge in [-0.15, -0.1) is 0 Å². The first-order valence-corrected chi connectivity index (χ1v) is 24.0. The minimum absolute atomic E-state index is 0.541. The van der Waals surface area contributed by atoms with Crippen LogP contribution in [-0.4, -0.2) is 0 Å². The van der Waals surface area contributed by atoms with Crippen molar-refractivity contribution in [1.29, 1.82) is 0 Å². The number of hydrogen-bond donors (Lipinski definition) is 0. The van der Waals surface area contributed by atoms with Crippen molar-refractivity contribution < 1.29 is 0 Å². The van der Waals surface area contributed by atoms with Gasteiger partial charge in [0.25, 0.3) is 0 Å². The standard InChI is InChI=1S/C67H53N/c1-44-19-27-52(28-20-44)66(51-13-7-6-8-14-51)62-17-11-9-15-58(62)60-37-35-56(42-64(60)66)68(55-33-25-49(26-34-55)50-40-47(4)39-48(5)41-50)57-36-38-61-59-16-10-12-18-63(59)67(65(61)43-57,53-29-21-45(2)22-30-53)54-31-23-46(3)24-32-54/h6-43H,1-5H3. The maximum absolute atomic E-state index is 2.50. The SMILES string of the molecule is Cc1ccc(C2(c3ccccc3)c3ccccc3-c3ccc(N(c4ccc(-c5cc(C)cc(C)c5)cc4)c4ccc5c(c4)C(c4ccc(C)cc4)(c4ccc(C)cc4)c4ccccc4-5)cc32)cc1. The number of nitrogens with zero attached hydrogens (tertiary/aromatic N) is 1. The summed E-state index contributed by atoms with van der Waals surface area (Å²) in [5.41, 5.74) is 26.3. The Kier molecular flexibility index (Phi) is 9.82. The second kappa shape index (κ2) is 16.1. The summed E-state index contributed by atoms with van der Waals surface area (Å²) in [5.74, 6) is 0. The summed E-state index contributed by atoms with van der Waals surface area (Å²) < 4.78 is 0. The zero-order valence-electron chi connectivity index (χ0n) is 39.4. The normalized spacial score (nSPS) is 15.0.